The van der Waals surface area contributed by atoms with Crippen LogP contribution in [0.5, 0.6) is 0 Å². The SMILES string of the molecule is C=C[C@H]1[C@H](O)CCC[C@H]1C(C)=O. The van der Waals surface area contributed by atoms with Crippen molar-refractivity contribution < 1.29 is 9.90 Å². The van der Waals surface area contributed by atoms with E-state index in [0.29, 0.717) is 0 Å². The molecular formula is C10H16O2. The van der Waals surface area contributed by atoms with Crippen LogP contribution in [0, 0.1) is 11.8 Å². The molecule has 68 valence electrons. The van der Waals surface area contributed by atoms with E-state index in [4.69, 9.17) is 0 Å². The molecule has 1 saturated carbocycles. The summed E-state index contributed by atoms with van der Waals surface area (Å²) in [5, 5.41) is 9.56. The van der Waals surface area contributed by atoms with Gasteiger partial charge in [0.1, 0.15) is 5.78 Å². The van der Waals surface area contributed by atoms with Crippen molar-refractivity contribution in [3.8, 4) is 0 Å². The second kappa shape index (κ2) is 3.85. The van der Waals surface area contributed by atoms with Crippen LogP contribution < -0.4 is 0 Å². The fraction of sp³-hybridized carbons (Fsp3) is 0.700. The molecule has 0 spiro atoms. The molecule has 1 aliphatic carbocycles. The normalized spacial score (nSPS) is 36.0. The molecular weight excluding hydrogens is 152 g/mol. The third kappa shape index (κ3) is 1.75. The van der Waals surface area contributed by atoms with Gasteiger partial charge in [-0.1, -0.05) is 12.5 Å². The second-order valence-electron chi connectivity index (χ2n) is 3.53. The molecule has 0 saturated heterocycles. The third-order valence-corrected chi connectivity index (χ3v) is 2.72. The minimum Gasteiger partial charge on any atom is -0.392 e. The van der Waals surface area contributed by atoms with E-state index in [2.05, 4.69) is 6.58 Å². The molecule has 0 aromatic rings. The second-order valence-corrected chi connectivity index (χ2v) is 3.53. The Bertz CT molecular complexity index is 186. The maximum atomic E-state index is 11.2. The predicted molar refractivity (Wildman–Crippen MR) is 47.7 cm³/mol. The highest BCUT2D eigenvalue weighted by atomic mass is 16.3. The van der Waals surface area contributed by atoms with Crippen molar-refractivity contribution in [1.82, 2.24) is 0 Å². The Balaban J connectivity index is 2.70. The molecule has 0 radical (unpaired) electrons. The Morgan fingerprint density at radius 2 is 2.25 bits per heavy atom. The zero-order valence-corrected chi connectivity index (χ0v) is 7.49. The van der Waals surface area contributed by atoms with Crippen molar-refractivity contribution in [3.63, 3.8) is 0 Å². The van der Waals surface area contributed by atoms with Gasteiger partial charge in [0, 0.05) is 11.8 Å². The maximum Gasteiger partial charge on any atom is 0.133 e. The van der Waals surface area contributed by atoms with Crippen LogP contribution in [0.1, 0.15) is 26.2 Å². The van der Waals surface area contributed by atoms with Gasteiger partial charge in [-0.2, -0.15) is 0 Å². The first kappa shape index (κ1) is 9.46. The summed E-state index contributed by atoms with van der Waals surface area (Å²) in [5.74, 6) is 0.168. The molecule has 1 fully saturated rings. The monoisotopic (exact) mass is 168 g/mol. The first-order valence-corrected chi connectivity index (χ1v) is 4.48. The van der Waals surface area contributed by atoms with E-state index in [1.165, 1.54) is 0 Å². The molecule has 1 N–H and O–H groups in total. The Kier molecular flexibility index (Phi) is 3.04. The highest BCUT2D eigenvalue weighted by Gasteiger charge is 2.32. The van der Waals surface area contributed by atoms with Crippen LogP contribution in [0.3, 0.4) is 0 Å². The van der Waals surface area contributed by atoms with E-state index < -0.39 is 0 Å². The number of carbonyl (C=O) groups is 1. The van der Waals surface area contributed by atoms with Crippen molar-refractivity contribution in [3.05, 3.63) is 12.7 Å². The molecule has 12 heavy (non-hydrogen) atoms. The average Bonchev–Trinajstić information content (AvgIpc) is 2.03. The fourth-order valence-electron chi connectivity index (χ4n) is 2.00. The van der Waals surface area contributed by atoms with Gasteiger partial charge in [-0.15, -0.1) is 6.58 Å². The number of Topliss-reactive ketones (excluding diaryl/α,β-unsaturated/α-hetero) is 1. The summed E-state index contributed by atoms with van der Waals surface area (Å²) < 4.78 is 0. The topological polar surface area (TPSA) is 37.3 Å². The number of ketones is 1. The van der Waals surface area contributed by atoms with Crippen molar-refractivity contribution in [1.29, 1.82) is 0 Å². The summed E-state index contributed by atoms with van der Waals surface area (Å²) in [6, 6.07) is 0. The lowest BCUT2D eigenvalue weighted by Gasteiger charge is -2.31. The Labute approximate surface area is 73.3 Å². The number of aliphatic hydroxyl groups is 1. The minimum atomic E-state index is -0.356. The lowest BCUT2D eigenvalue weighted by atomic mass is 9.75. The number of rotatable bonds is 2. The predicted octanol–water partition coefficient (Wildman–Crippen LogP) is 1.54. The van der Waals surface area contributed by atoms with Gasteiger partial charge >= 0.3 is 0 Å². The molecule has 2 nitrogen and oxygen atoms in total. The average molecular weight is 168 g/mol. The van der Waals surface area contributed by atoms with Crippen molar-refractivity contribution >= 4 is 5.78 Å². The van der Waals surface area contributed by atoms with Gasteiger partial charge in [0.15, 0.2) is 0 Å². The van der Waals surface area contributed by atoms with Crippen LogP contribution in [0.2, 0.25) is 0 Å². The summed E-state index contributed by atoms with van der Waals surface area (Å²) in [6.07, 6.45) is 4.03. The molecule has 1 aliphatic rings. The smallest absolute Gasteiger partial charge is 0.133 e. The highest BCUT2D eigenvalue weighted by molar-refractivity contribution is 5.79. The molecule has 0 aromatic carbocycles. The van der Waals surface area contributed by atoms with Gasteiger partial charge in [-0.05, 0) is 19.8 Å². The standard InChI is InChI=1S/C10H16O2/c1-3-8-9(7(2)11)5-4-6-10(8)12/h3,8-10,12H,1,4-6H2,2H3/t8-,9+,10-/m1/s1. The first-order chi connectivity index (χ1) is 5.66. The zero-order valence-electron chi connectivity index (χ0n) is 7.49. The molecule has 0 aromatic heterocycles. The van der Waals surface area contributed by atoms with Crippen LogP contribution in [0.4, 0.5) is 0 Å². The molecule has 0 bridgehead atoms. The van der Waals surface area contributed by atoms with Gasteiger partial charge in [-0.25, -0.2) is 0 Å². The number of hydrogen-bond donors (Lipinski definition) is 1. The summed E-state index contributed by atoms with van der Waals surface area (Å²) in [4.78, 5) is 11.2. The van der Waals surface area contributed by atoms with Gasteiger partial charge in [0.25, 0.3) is 0 Å². The van der Waals surface area contributed by atoms with Crippen LogP contribution in [-0.2, 0) is 4.79 Å². The summed E-state index contributed by atoms with van der Waals surface area (Å²) in [5.41, 5.74) is 0. The fourth-order valence-corrected chi connectivity index (χ4v) is 2.00. The van der Waals surface area contributed by atoms with E-state index >= 15 is 0 Å². The van der Waals surface area contributed by atoms with Crippen LogP contribution in [0.25, 0.3) is 0 Å². The number of aliphatic hydroxyl groups excluding tert-OH is 1. The lowest BCUT2D eigenvalue weighted by molar-refractivity contribution is -0.124. The third-order valence-electron chi connectivity index (χ3n) is 2.72. The molecule has 0 aliphatic heterocycles. The quantitative estimate of drug-likeness (QED) is 0.635. The van der Waals surface area contributed by atoms with Gasteiger partial charge in [0.05, 0.1) is 6.10 Å². The van der Waals surface area contributed by atoms with E-state index in [1.807, 2.05) is 0 Å². The maximum absolute atomic E-state index is 11.2. The zero-order chi connectivity index (χ0) is 9.14. The van der Waals surface area contributed by atoms with Crippen molar-refractivity contribution in [2.45, 2.75) is 32.3 Å². The van der Waals surface area contributed by atoms with Crippen LogP contribution >= 0.6 is 0 Å². The van der Waals surface area contributed by atoms with Crippen LogP contribution in [-0.4, -0.2) is 17.0 Å². The molecule has 0 unspecified atom stereocenters. The Hall–Kier alpha value is -0.630. The molecule has 1 rings (SSSR count). The van der Waals surface area contributed by atoms with Gasteiger partial charge < -0.3 is 5.11 Å². The van der Waals surface area contributed by atoms with Crippen molar-refractivity contribution in [2.75, 3.05) is 0 Å². The van der Waals surface area contributed by atoms with Crippen LogP contribution in [0.15, 0.2) is 12.7 Å². The van der Waals surface area contributed by atoms with E-state index in [1.54, 1.807) is 13.0 Å². The van der Waals surface area contributed by atoms with Gasteiger partial charge in [0.2, 0.25) is 0 Å². The first-order valence-electron chi connectivity index (χ1n) is 4.48. The molecule has 0 heterocycles. The Morgan fingerprint density at radius 3 is 2.67 bits per heavy atom. The highest BCUT2D eigenvalue weighted by Crippen LogP contribution is 2.31. The van der Waals surface area contributed by atoms with Crippen molar-refractivity contribution in [2.24, 2.45) is 11.8 Å². The van der Waals surface area contributed by atoms with E-state index in [9.17, 15) is 9.90 Å². The van der Waals surface area contributed by atoms with Gasteiger partial charge in [-0.3, -0.25) is 4.79 Å². The van der Waals surface area contributed by atoms with E-state index in [0.717, 1.165) is 19.3 Å². The molecule has 3 atom stereocenters. The lowest BCUT2D eigenvalue weighted by Crippen LogP contribution is -2.34. The number of hydrogen-bond acceptors (Lipinski definition) is 2. The largest absolute Gasteiger partial charge is 0.392 e. The summed E-state index contributed by atoms with van der Waals surface area (Å²) >= 11 is 0. The molecule has 2 heteroatoms. The Morgan fingerprint density at radius 1 is 1.58 bits per heavy atom. The number of carbonyl (C=O) groups excluding carboxylic acids is 1. The molecule has 0 amide bonds. The summed E-state index contributed by atoms with van der Waals surface area (Å²) in [6.45, 7) is 5.25. The minimum absolute atomic E-state index is 0.00579. The summed E-state index contributed by atoms with van der Waals surface area (Å²) in [7, 11) is 0. The van der Waals surface area contributed by atoms with E-state index in [-0.39, 0.29) is 23.7 Å².